The Bertz CT molecular complexity index is 1110. The predicted molar refractivity (Wildman–Crippen MR) is 136 cm³/mol. The third-order valence-electron chi connectivity index (χ3n) is 5.49. The van der Waals surface area contributed by atoms with Crippen LogP contribution in [-0.2, 0) is 28.7 Å². The van der Waals surface area contributed by atoms with Crippen LogP contribution in [0.3, 0.4) is 0 Å². The molecule has 3 amide bonds. The zero-order valence-electron chi connectivity index (χ0n) is 21.8. The van der Waals surface area contributed by atoms with Gasteiger partial charge in [-0.2, -0.15) is 13.2 Å². The van der Waals surface area contributed by atoms with Gasteiger partial charge in [0, 0.05) is 24.2 Å². The van der Waals surface area contributed by atoms with E-state index < -0.39 is 47.6 Å². The number of amides is 3. The summed E-state index contributed by atoms with van der Waals surface area (Å²) < 4.78 is 38.7. The smallest absolute Gasteiger partial charge is 0.350 e. The molecular weight excluding hydrogens is 485 g/mol. The molecule has 2 aromatic rings. The molecule has 202 valence electrons. The molecule has 0 aliphatic heterocycles. The molecule has 0 fully saturated rings. The highest BCUT2D eigenvalue weighted by atomic mass is 19.4. The number of halogens is 3. The van der Waals surface area contributed by atoms with Crippen LogP contribution in [0.5, 0.6) is 0 Å². The number of carbonyl (C=O) groups is 3. The molecule has 0 radical (unpaired) electrons. The molecule has 10 heteroatoms. The second-order valence-electron chi connectivity index (χ2n) is 9.87. The average Bonchev–Trinajstić information content (AvgIpc) is 2.81. The maximum Gasteiger partial charge on any atom is 0.416 e. The van der Waals surface area contributed by atoms with Crippen LogP contribution in [-0.4, -0.2) is 42.4 Å². The van der Waals surface area contributed by atoms with Crippen LogP contribution in [0.2, 0.25) is 0 Å². The number of aryl methyl sites for hydroxylation is 2. The van der Waals surface area contributed by atoms with Gasteiger partial charge in [0.25, 0.3) is 5.91 Å². The van der Waals surface area contributed by atoms with Gasteiger partial charge in [-0.15, -0.1) is 0 Å². The standard InChI is InChI=1S/C27H35F3N4O3/c1-6-18-10-11-20(17(2)12-18)14-31-15-22(25(37)34-26(3,4)5)33-23(35)16-32-24(36)19-8-7-9-21(13-19)27(28,29)30/h7-13,22,31H,6,14-16H2,1-5H3,(H,32,36)(H,33,35)(H,34,37)/t22-/m0/s1. The summed E-state index contributed by atoms with van der Waals surface area (Å²) in [5.41, 5.74) is 1.67. The number of nitrogens with one attached hydrogen (secondary N) is 4. The first-order valence-electron chi connectivity index (χ1n) is 12.1. The highest BCUT2D eigenvalue weighted by molar-refractivity contribution is 5.97. The Hall–Kier alpha value is -3.40. The molecule has 0 saturated carbocycles. The first-order valence-corrected chi connectivity index (χ1v) is 12.1. The average molecular weight is 521 g/mol. The Morgan fingerprint density at radius 1 is 1.00 bits per heavy atom. The molecule has 1 atom stereocenters. The fourth-order valence-corrected chi connectivity index (χ4v) is 3.54. The second kappa shape index (κ2) is 12.7. The number of benzene rings is 2. The lowest BCUT2D eigenvalue weighted by atomic mass is 10.0. The maximum absolute atomic E-state index is 12.9. The van der Waals surface area contributed by atoms with Gasteiger partial charge >= 0.3 is 6.18 Å². The summed E-state index contributed by atoms with van der Waals surface area (Å²) in [6.07, 6.45) is -3.66. The van der Waals surface area contributed by atoms with E-state index in [1.165, 1.54) is 11.6 Å². The summed E-state index contributed by atoms with van der Waals surface area (Å²) >= 11 is 0. The third-order valence-corrected chi connectivity index (χ3v) is 5.49. The van der Waals surface area contributed by atoms with Crippen molar-refractivity contribution >= 4 is 17.7 Å². The zero-order chi connectivity index (χ0) is 27.8. The number of hydrogen-bond acceptors (Lipinski definition) is 4. The van der Waals surface area contributed by atoms with E-state index in [-0.39, 0.29) is 12.1 Å². The summed E-state index contributed by atoms with van der Waals surface area (Å²) in [6.45, 7) is 9.62. The molecule has 0 unspecified atom stereocenters. The van der Waals surface area contributed by atoms with Crippen molar-refractivity contribution in [2.75, 3.05) is 13.1 Å². The van der Waals surface area contributed by atoms with Crippen molar-refractivity contribution in [1.29, 1.82) is 0 Å². The molecule has 37 heavy (non-hydrogen) atoms. The summed E-state index contributed by atoms with van der Waals surface area (Å²) in [7, 11) is 0. The molecule has 0 spiro atoms. The van der Waals surface area contributed by atoms with Crippen molar-refractivity contribution in [3.8, 4) is 0 Å². The van der Waals surface area contributed by atoms with E-state index in [4.69, 9.17) is 0 Å². The topological polar surface area (TPSA) is 99.3 Å². The zero-order valence-corrected chi connectivity index (χ0v) is 21.8. The molecule has 2 rings (SSSR count). The number of rotatable bonds is 10. The van der Waals surface area contributed by atoms with Crippen molar-refractivity contribution in [2.45, 2.75) is 65.3 Å². The number of carbonyl (C=O) groups excluding carboxylic acids is 3. The van der Waals surface area contributed by atoms with Gasteiger partial charge in [0.1, 0.15) is 6.04 Å². The summed E-state index contributed by atoms with van der Waals surface area (Å²) in [4.78, 5) is 37.6. The molecule has 7 nitrogen and oxygen atoms in total. The molecule has 0 heterocycles. The second-order valence-corrected chi connectivity index (χ2v) is 9.87. The summed E-state index contributed by atoms with van der Waals surface area (Å²) in [6, 6.07) is 9.15. The van der Waals surface area contributed by atoms with Crippen molar-refractivity contribution in [2.24, 2.45) is 0 Å². The Morgan fingerprint density at radius 2 is 1.70 bits per heavy atom. The Labute approximate surface area is 215 Å². The SMILES string of the molecule is CCc1ccc(CNC[C@H](NC(=O)CNC(=O)c2cccc(C(F)(F)F)c2)C(=O)NC(C)(C)C)c(C)c1. The van der Waals surface area contributed by atoms with Crippen molar-refractivity contribution < 1.29 is 27.6 Å². The first kappa shape index (κ1) is 29.8. The first-order chi connectivity index (χ1) is 17.2. The van der Waals surface area contributed by atoms with Crippen LogP contribution >= 0.6 is 0 Å². The van der Waals surface area contributed by atoms with E-state index in [2.05, 4.69) is 34.3 Å². The molecule has 0 bridgehead atoms. The Morgan fingerprint density at radius 3 is 2.30 bits per heavy atom. The van der Waals surface area contributed by atoms with Crippen LogP contribution in [0.1, 0.15) is 60.3 Å². The van der Waals surface area contributed by atoms with Crippen molar-refractivity contribution in [3.05, 3.63) is 70.3 Å². The van der Waals surface area contributed by atoms with Gasteiger partial charge in [0.05, 0.1) is 12.1 Å². The van der Waals surface area contributed by atoms with E-state index in [0.717, 1.165) is 29.7 Å². The lowest BCUT2D eigenvalue weighted by molar-refractivity contribution is -0.137. The fourth-order valence-electron chi connectivity index (χ4n) is 3.54. The molecule has 0 saturated heterocycles. The van der Waals surface area contributed by atoms with Crippen molar-refractivity contribution in [3.63, 3.8) is 0 Å². The summed E-state index contributed by atoms with van der Waals surface area (Å²) in [5.74, 6) is -1.89. The van der Waals surface area contributed by atoms with Gasteiger partial charge in [0.2, 0.25) is 11.8 Å². The Balaban J connectivity index is 2.00. The van der Waals surface area contributed by atoms with E-state index in [0.29, 0.717) is 12.6 Å². The number of hydrogen-bond donors (Lipinski definition) is 4. The minimum atomic E-state index is -4.59. The van der Waals surface area contributed by atoms with Gasteiger partial charge in [-0.1, -0.05) is 31.2 Å². The van der Waals surface area contributed by atoms with Gasteiger partial charge in [-0.3, -0.25) is 14.4 Å². The minimum Gasteiger partial charge on any atom is -0.350 e. The molecular formula is C27H35F3N4O3. The maximum atomic E-state index is 12.9. The molecule has 2 aromatic carbocycles. The number of alkyl halides is 3. The van der Waals surface area contributed by atoms with Gasteiger partial charge in [-0.25, -0.2) is 0 Å². The lowest BCUT2D eigenvalue weighted by Gasteiger charge is -2.26. The van der Waals surface area contributed by atoms with Crippen LogP contribution in [0.25, 0.3) is 0 Å². The van der Waals surface area contributed by atoms with Crippen LogP contribution in [0, 0.1) is 6.92 Å². The van der Waals surface area contributed by atoms with E-state index in [1.807, 2.05) is 39.8 Å². The normalized spacial score (nSPS) is 12.5. The monoisotopic (exact) mass is 520 g/mol. The minimum absolute atomic E-state index is 0.129. The molecule has 0 aromatic heterocycles. The van der Waals surface area contributed by atoms with Gasteiger partial charge in [0.15, 0.2) is 0 Å². The van der Waals surface area contributed by atoms with Crippen LogP contribution in [0.4, 0.5) is 13.2 Å². The van der Waals surface area contributed by atoms with E-state index in [9.17, 15) is 27.6 Å². The van der Waals surface area contributed by atoms with Crippen LogP contribution < -0.4 is 21.3 Å². The fraction of sp³-hybridized carbons (Fsp3) is 0.444. The quantitative estimate of drug-likeness (QED) is 0.385. The molecule has 0 aliphatic rings. The molecule has 0 aliphatic carbocycles. The highest BCUT2D eigenvalue weighted by Crippen LogP contribution is 2.29. The van der Waals surface area contributed by atoms with Crippen molar-refractivity contribution in [1.82, 2.24) is 21.3 Å². The van der Waals surface area contributed by atoms with Gasteiger partial charge < -0.3 is 21.3 Å². The van der Waals surface area contributed by atoms with Crippen LogP contribution in [0.15, 0.2) is 42.5 Å². The highest BCUT2D eigenvalue weighted by Gasteiger charge is 2.31. The Kier molecular flexibility index (Phi) is 10.2. The molecule has 4 N–H and O–H groups in total. The lowest BCUT2D eigenvalue weighted by Crippen LogP contribution is -2.56. The summed E-state index contributed by atoms with van der Waals surface area (Å²) in [5, 5.41) is 10.9. The van der Waals surface area contributed by atoms with Gasteiger partial charge in [-0.05, 0) is 69.0 Å². The largest absolute Gasteiger partial charge is 0.416 e. The van der Waals surface area contributed by atoms with E-state index in [1.54, 1.807) is 0 Å². The predicted octanol–water partition coefficient (Wildman–Crippen LogP) is 3.50. The third kappa shape index (κ3) is 9.87. The van der Waals surface area contributed by atoms with E-state index >= 15 is 0 Å².